The topological polar surface area (TPSA) is 45.0 Å². The van der Waals surface area contributed by atoms with E-state index in [-0.39, 0.29) is 5.54 Å². The molecule has 2 aliphatic rings. The number of nitrogens with zero attached hydrogens (tertiary/aromatic N) is 1. The van der Waals surface area contributed by atoms with E-state index in [1.165, 1.54) is 32.1 Å². The molecular formula is C13H22N2O. The first kappa shape index (κ1) is 11.9. The zero-order valence-corrected chi connectivity index (χ0v) is 10.2. The summed E-state index contributed by atoms with van der Waals surface area (Å²) in [6, 6.07) is 2.48. The molecule has 0 amide bonds. The molecule has 2 atom stereocenters. The Hall–Kier alpha value is -0.590. The van der Waals surface area contributed by atoms with Crippen molar-refractivity contribution in [2.45, 2.75) is 57.1 Å². The first-order chi connectivity index (χ1) is 7.74. The maximum atomic E-state index is 9.37. The van der Waals surface area contributed by atoms with Gasteiger partial charge in [0.05, 0.1) is 12.2 Å². The van der Waals surface area contributed by atoms with Gasteiger partial charge in [-0.15, -0.1) is 0 Å². The molecule has 2 unspecified atom stereocenters. The number of hydrogen-bond acceptors (Lipinski definition) is 3. The van der Waals surface area contributed by atoms with Crippen LogP contribution in [-0.2, 0) is 4.74 Å². The zero-order chi connectivity index (χ0) is 11.4. The Morgan fingerprint density at radius 3 is 2.62 bits per heavy atom. The first-order valence-electron chi connectivity index (χ1n) is 6.52. The summed E-state index contributed by atoms with van der Waals surface area (Å²) in [4.78, 5) is 0. The molecule has 2 fully saturated rings. The maximum absolute atomic E-state index is 9.37. The highest BCUT2D eigenvalue weighted by molar-refractivity contribution is 5.09. The third-order valence-electron chi connectivity index (χ3n) is 4.12. The third-order valence-corrected chi connectivity index (χ3v) is 4.12. The minimum absolute atomic E-state index is 0.328. The van der Waals surface area contributed by atoms with Crippen LogP contribution in [0.15, 0.2) is 0 Å². The summed E-state index contributed by atoms with van der Waals surface area (Å²) >= 11 is 0. The van der Waals surface area contributed by atoms with Crippen LogP contribution in [0.4, 0.5) is 0 Å². The third kappa shape index (κ3) is 2.56. The van der Waals surface area contributed by atoms with Crippen molar-refractivity contribution >= 4 is 0 Å². The van der Waals surface area contributed by atoms with Gasteiger partial charge < -0.3 is 4.74 Å². The second-order valence-electron chi connectivity index (χ2n) is 5.31. The van der Waals surface area contributed by atoms with Crippen molar-refractivity contribution in [2.75, 3.05) is 13.2 Å². The number of rotatable bonds is 4. The molecule has 1 aliphatic heterocycles. The molecule has 1 saturated heterocycles. The van der Waals surface area contributed by atoms with E-state index >= 15 is 0 Å². The zero-order valence-electron chi connectivity index (χ0n) is 10.2. The molecule has 3 nitrogen and oxygen atoms in total. The molecule has 2 rings (SSSR count). The molecular weight excluding hydrogens is 200 g/mol. The van der Waals surface area contributed by atoms with Crippen LogP contribution < -0.4 is 5.32 Å². The van der Waals surface area contributed by atoms with Crippen molar-refractivity contribution < 1.29 is 4.74 Å². The number of nitrogens with one attached hydrogen (secondary N) is 1. The summed E-state index contributed by atoms with van der Waals surface area (Å²) in [7, 11) is 0. The summed E-state index contributed by atoms with van der Waals surface area (Å²) < 4.78 is 5.58. The van der Waals surface area contributed by atoms with E-state index in [0.29, 0.717) is 12.0 Å². The molecule has 0 bridgehead atoms. The molecule has 0 spiro atoms. The van der Waals surface area contributed by atoms with Crippen LogP contribution in [0.2, 0.25) is 0 Å². The standard InChI is InChI=1S/C13H22N2O/c1-13(10-14,11-5-2-3-6-11)15-9-12-7-4-8-16-12/h11-12,15H,2-9H2,1H3. The van der Waals surface area contributed by atoms with Crippen molar-refractivity contribution in [1.29, 1.82) is 5.26 Å². The summed E-state index contributed by atoms with van der Waals surface area (Å²) in [5.41, 5.74) is -0.345. The highest BCUT2D eigenvalue weighted by Crippen LogP contribution is 2.33. The van der Waals surface area contributed by atoms with E-state index in [4.69, 9.17) is 4.74 Å². The smallest absolute Gasteiger partial charge is 0.106 e. The Kier molecular flexibility index (Phi) is 3.83. The van der Waals surface area contributed by atoms with Crippen LogP contribution in [0.5, 0.6) is 0 Å². The number of ether oxygens (including phenoxy) is 1. The fourth-order valence-corrected chi connectivity index (χ4v) is 2.91. The molecule has 1 aliphatic carbocycles. The molecule has 0 radical (unpaired) electrons. The van der Waals surface area contributed by atoms with Gasteiger partial charge in [0.2, 0.25) is 0 Å². The first-order valence-corrected chi connectivity index (χ1v) is 6.52. The Bertz CT molecular complexity index is 262. The average Bonchev–Trinajstić information content (AvgIpc) is 2.98. The maximum Gasteiger partial charge on any atom is 0.106 e. The molecule has 1 N–H and O–H groups in total. The minimum Gasteiger partial charge on any atom is -0.377 e. The average molecular weight is 222 g/mol. The highest BCUT2D eigenvalue weighted by Gasteiger charge is 2.36. The minimum atomic E-state index is -0.345. The van der Waals surface area contributed by atoms with Crippen LogP contribution in [0, 0.1) is 17.2 Å². The Morgan fingerprint density at radius 2 is 2.06 bits per heavy atom. The van der Waals surface area contributed by atoms with E-state index in [2.05, 4.69) is 18.3 Å². The van der Waals surface area contributed by atoms with Crippen molar-refractivity contribution in [2.24, 2.45) is 5.92 Å². The van der Waals surface area contributed by atoms with Gasteiger partial charge in [0.25, 0.3) is 0 Å². The van der Waals surface area contributed by atoms with E-state index in [1.54, 1.807) is 0 Å². The van der Waals surface area contributed by atoms with Gasteiger partial charge in [-0.25, -0.2) is 0 Å². The quantitative estimate of drug-likeness (QED) is 0.793. The summed E-state index contributed by atoms with van der Waals surface area (Å²) in [6.07, 6.45) is 7.59. The molecule has 0 aromatic rings. The van der Waals surface area contributed by atoms with Gasteiger partial charge in [-0.2, -0.15) is 5.26 Å². The van der Waals surface area contributed by atoms with Crippen LogP contribution in [0.1, 0.15) is 45.4 Å². The largest absolute Gasteiger partial charge is 0.377 e. The fraction of sp³-hybridized carbons (Fsp3) is 0.923. The van der Waals surface area contributed by atoms with Crippen LogP contribution >= 0.6 is 0 Å². The molecule has 90 valence electrons. The number of nitriles is 1. The molecule has 1 saturated carbocycles. The van der Waals surface area contributed by atoms with Gasteiger partial charge in [-0.05, 0) is 38.5 Å². The van der Waals surface area contributed by atoms with E-state index in [1.807, 2.05) is 0 Å². The lowest BCUT2D eigenvalue weighted by molar-refractivity contribution is 0.101. The van der Waals surface area contributed by atoms with Crippen molar-refractivity contribution in [3.8, 4) is 6.07 Å². The van der Waals surface area contributed by atoms with Crippen LogP contribution in [0.25, 0.3) is 0 Å². The summed E-state index contributed by atoms with van der Waals surface area (Å²) in [6.45, 7) is 3.78. The summed E-state index contributed by atoms with van der Waals surface area (Å²) in [5, 5.41) is 12.8. The second kappa shape index (κ2) is 5.16. The van der Waals surface area contributed by atoms with E-state index in [0.717, 1.165) is 19.6 Å². The summed E-state index contributed by atoms with van der Waals surface area (Å²) in [5.74, 6) is 0.527. The lowest BCUT2D eigenvalue weighted by atomic mass is 9.85. The molecule has 16 heavy (non-hydrogen) atoms. The molecule has 0 aromatic heterocycles. The molecule has 3 heteroatoms. The highest BCUT2D eigenvalue weighted by atomic mass is 16.5. The normalized spacial score (nSPS) is 30.1. The Labute approximate surface area is 98.2 Å². The van der Waals surface area contributed by atoms with Gasteiger partial charge in [0.15, 0.2) is 0 Å². The monoisotopic (exact) mass is 222 g/mol. The SMILES string of the molecule is CC(C#N)(NCC1CCCO1)C1CCCC1. The molecule has 1 heterocycles. The van der Waals surface area contributed by atoms with Gasteiger partial charge in [-0.3, -0.25) is 5.32 Å². The predicted molar refractivity (Wildman–Crippen MR) is 63.0 cm³/mol. The van der Waals surface area contributed by atoms with Crippen LogP contribution in [-0.4, -0.2) is 24.8 Å². The lowest BCUT2D eigenvalue weighted by Gasteiger charge is -2.30. The van der Waals surface area contributed by atoms with Gasteiger partial charge in [0.1, 0.15) is 5.54 Å². The van der Waals surface area contributed by atoms with Gasteiger partial charge in [0, 0.05) is 13.2 Å². The van der Waals surface area contributed by atoms with Crippen molar-refractivity contribution in [1.82, 2.24) is 5.32 Å². The Morgan fingerprint density at radius 1 is 1.31 bits per heavy atom. The van der Waals surface area contributed by atoms with Gasteiger partial charge >= 0.3 is 0 Å². The molecule has 0 aromatic carbocycles. The lowest BCUT2D eigenvalue weighted by Crippen LogP contribution is -2.49. The van der Waals surface area contributed by atoms with Crippen LogP contribution in [0.3, 0.4) is 0 Å². The van der Waals surface area contributed by atoms with E-state index in [9.17, 15) is 5.26 Å². The van der Waals surface area contributed by atoms with Crippen molar-refractivity contribution in [3.05, 3.63) is 0 Å². The number of hydrogen-bond donors (Lipinski definition) is 1. The predicted octanol–water partition coefficient (Wildman–Crippen LogP) is 2.23. The fourth-order valence-electron chi connectivity index (χ4n) is 2.91. The van der Waals surface area contributed by atoms with Gasteiger partial charge in [-0.1, -0.05) is 12.8 Å². The van der Waals surface area contributed by atoms with E-state index < -0.39 is 0 Å². The Balaban J connectivity index is 1.85. The van der Waals surface area contributed by atoms with Crippen molar-refractivity contribution in [3.63, 3.8) is 0 Å². The second-order valence-corrected chi connectivity index (χ2v) is 5.31.